The van der Waals surface area contributed by atoms with E-state index >= 15 is 0 Å². The van der Waals surface area contributed by atoms with Crippen molar-refractivity contribution in [3.63, 3.8) is 0 Å². The quantitative estimate of drug-likeness (QED) is 0.790. The molecule has 3 heteroatoms. The largest absolute Gasteiger partial charge is 0.309 e. The number of halogens is 1. The molecule has 0 amide bonds. The van der Waals surface area contributed by atoms with Crippen LogP contribution in [0.25, 0.3) is 0 Å². The molecule has 19 heavy (non-hydrogen) atoms. The third-order valence-corrected chi connectivity index (χ3v) is 3.99. The zero-order valence-electron chi connectivity index (χ0n) is 11.0. The molecule has 1 N–H and O–H groups in total. The third kappa shape index (κ3) is 4.37. The van der Waals surface area contributed by atoms with Gasteiger partial charge >= 0.3 is 0 Å². The highest BCUT2D eigenvalue weighted by Gasteiger charge is 2.10. The average molecular weight is 275 g/mol. The third-order valence-electron chi connectivity index (χ3n) is 2.88. The highest BCUT2D eigenvalue weighted by atomic mass is 32.2. The zero-order chi connectivity index (χ0) is 13.5. The van der Waals surface area contributed by atoms with Crippen molar-refractivity contribution in [2.75, 3.05) is 12.3 Å². The van der Waals surface area contributed by atoms with Gasteiger partial charge in [0.25, 0.3) is 0 Å². The number of rotatable bonds is 6. The molecular formula is C16H18FNS. The van der Waals surface area contributed by atoms with E-state index in [1.165, 1.54) is 17.0 Å². The van der Waals surface area contributed by atoms with Gasteiger partial charge in [0.05, 0.1) is 0 Å². The molecular weight excluding hydrogens is 257 g/mol. The van der Waals surface area contributed by atoms with Crippen LogP contribution in [0.1, 0.15) is 18.5 Å². The minimum atomic E-state index is -0.185. The maximum absolute atomic E-state index is 13.0. The summed E-state index contributed by atoms with van der Waals surface area (Å²) in [5.74, 6) is 0.749. The second kappa shape index (κ2) is 7.31. The molecule has 0 heterocycles. The second-order valence-corrected chi connectivity index (χ2v) is 5.38. The molecule has 0 aliphatic rings. The van der Waals surface area contributed by atoms with Gasteiger partial charge in [-0.05, 0) is 36.4 Å². The minimum absolute atomic E-state index is 0.185. The van der Waals surface area contributed by atoms with Gasteiger partial charge in [0.2, 0.25) is 0 Å². The van der Waals surface area contributed by atoms with Gasteiger partial charge in [-0.15, -0.1) is 11.8 Å². The Morgan fingerprint density at radius 3 is 2.37 bits per heavy atom. The molecule has 0 aliphatic heterocycles. The second-order valence-electron chi connectivity index (χ2n) is 4.29. The van der Waals surface area contributed by atoms with Crippen LogP contribution in [-0.2, 0) is 0 Å². The van der Waals surface area contributed by atoms with Crippen LogP contribution in [0, 0.1) is 5.82 Å². The van der Waals surface area contributed by atoms with Gasteiger partial charge in [-0.1, -0.05) is 37.3 Å². The Kier molecular flexibility index (Phi) is 5.43. The van der Waals surface area contributed by atoms with E-state index in [1.807, 2.05) is 42.1 Å². The lowest BCUT2D eigenvalue weighted by molar-refractivity contribution is 0.598. The van der Waals surface area contributed by atoms with E-state index in [1.54, 1.807) is 0 Å². The monoisotopic (exact) mass is 275 g/mol. The maximum atomic E-state index is 13.0. The summed E-state index contributed by atoms with van der Waals surface area (Å²) in [5.41, 5.74) is 1.13. The molecule has 0 spiro atoms. The Bertz CT molecular complexity index is 484. The highest BCUT2D eigenvalue weighted by molar-refractivity contribution is 7.99. The van der Waals surface area contributed by atoms with Gasteiger partial charge in [0.1, 0.15) is 5.82 Å². The fourth-order valence-corrected chi connectivity index (χ4v) is 2.93. The SMILES string of the molecule is CCNC(CSc1ccccc1)c1ccc(F)cc1. The maximum Gasteiger partial charge on any atom is 0.123 e. The highest BCUT2D eigenvalue weighted by Crippen LogP contribution is 2.24. The van der Waals surface area contributed by atoms with Gasteiger partial charge in [0, 0.05) is 16.7 Å². The van der Waals surface area contributed by atoms with Crippen LogP contribution >= 0.6 is 11.8 Å². The Morgan fingerprint density at radius 1 is 1.05 bits per heavy atom. The fraction of sp³-hybridized carbons (Fsp3) is 0.250. The van der Waals surface area contributed by atoms with Gasteiger partial charge in [-0.3, -0.25) is 0 Å². The Morgan fingerprint density at radius 2 is 1.74 bits per heavy atom. The minimum Gasteiger partial charge on any atom is -0.309 e. The summed E-state index contributed by atoms with van der Waals surface area (Å²) in [7, 11) is 0. The van der Waals surface area contributed by atoms with Crippen LogP contribution in [0.3, 0.4) is 0 Å². The molecule has 1 atom stereocenters. The standard InChI is InChI=1S/C16H18FNS/c1-2-18-16(13-8-10-14(17)11-9-13)12-19-15-6-4-3-5-7-15/h3-11,16,18H,2,12H2,1H3. The van der Waals surface area contributed by atoms with Crippen molar-refractivity contribution in [3.8, 4) is 0 Å². The van der Waals surface area contributed by atoms with E-state index in [9.17, 15) is 4.39 Å². The summed E-state index contributed by atoms with van der Waals surface area (Å²) < 4.78 is 13.0. The first-order chi connectivity index (χ1) is 9.29. The fourth-order valence-electron chi connectivity index (χ4n) is 1.91. The van der Waals surface area contributed by atoms with Crippen molar-refractivity contribution in [1.29, 1.82) is 0 Å². The van der Waals surface area contributed by atoms with Gasteiger partial charge in [-0.2, -0.15) is 0 Å². The first-order valence-corrected chi connectivity index (χ1v) is 7.45. The van der Waals surface area contributed by atoms with Crippen molar-refractivity contribution < 1.29 is 4.39 Å². The predicted octanol–water partition coefficient (Wildman–Crippen LogP) is 4.27. The summed E-state index contributed by atoms with van der Waals surface area (Å²) in [6.07, 6.45) is 0. The van der Waals surface area contributed by atoms with Crippen molar-refractivity contribution >= 4 is 11.8 Å². The van der Waals surface area contributed by atoms with Crippen LogP contribution in [0.4, 0.5) is 4.39 Å². The predicted molar refractivity (Wildman–Crippen MR) is 80.0 cm³/mol. The lowest BCUT2D eigenvalue weighted by atomic mass is 10.1. The van der Waals surface area contributed by atoms with E-state index in [2.05, 4.69) is 24.4 Å². The van der Waals surface area contributed by atoms with Crippen LogP contribution in [0.15, 0.2) is 59.5 Å². The molecule has 1 unspecified atom stereocenters. The van der Waals surface area contributed by atoms with Crippen molar-refractivity contribution in [2.24, 2.45) is 0 Å². The van der Waals surface area contributed by atoms with E-state index in [0.717, 1.165) is 17.9 Å². The average Bonchev–Trinajstić information content (AvgIpc) is 2.46. The van der Waals surface area contributed by atoms with E-state index in [-0.39, 0.29) is 11.9 Å². The number of nitrogens with one attached hydrogen (secondary N) is 1. The molecule has 0 fully saturated rings. The Labute approximate surface area is 118 Å². The molecule has 0 saturated heterocycles. The van der Waals surface area contributed by atoms with Crippen LogP contribution in [-0.4, -0.2) is 12.3 Å². The van der Waals surface area contributed by atoms with Gasteiger partial charge in [0.15, 0.2) is 0 Å². The Hall–Kier alpha value is -1.32. The van der Waals surface area contributed by atoms with E-state index < -0.39 is 0 Å². The lowest BCUT2D eigenvalue weighted by Crippen LogP contribution is -2.22. The topological polar surface area (TPSA) is 12.0 Å². The number of thioether (sulfide) groups is 1. The Balaban J connectivity index is 2.02. The normalized spacial score (nSPS) is 12.3. The van der Waals surface area contributed by atoms with Crippen molar-refractivity contribution in [3.05, 3.63) is 66.0 Å². The number of hydrogen-bond acceptors (Lipinski definition) is 2. The molecule has 2 aromatic rings. The molecule has 2 aromatic carbocycles. The first kappa shape index (κ1) is 14.1. The van der Waals surface area contributed by atoms with Crippen LogP contribution in [0.5, 0.6) is 0 Å². The lowest BCUT2D eigenvalue weighted by Gasteiger charge is -2.18. The molecule has 1 nitrogen and oxygen atoms in total. The molecule has 0 aliphatic carbocycles. The van der Waals surface area contributed by atoms with Gasteiger partial charge in [-0.25, -0.2) is 4.39 Å². The molecule has 100 valence electrons. The molecule has 0 bridgehead atoms. The van der Waals surface area contributed by atoms with Crippen molar-refractivity contribution in [1.82, 2.24) is 5.32 Å². The van der Waals surface area contributed by atoms with Gasteiger partial charge < -0.3 is 5.32 Å². The number of hydrogen-bond donors (Lipinski definition) is 1. The summed E-state index contributed by atoms with van der Waals surface area (Å²) in [6.45, 7) is 2.99. The van der Waals surface area contributed by atoms with E-state index in [4.69, 9.17) is 0 Å². The molecule has 0 saturated carbocycles. The molecule has 0 aromatic heterocycles. The smallest absolute Gasteiger partial charge is 0.123 e. The summed E-state index contributed by atoms with van der Waals surface area (Å²) >= 11 is 1.81. The summed E-state index contributed by atoms with van der Waals surface area (Å²) in [4.78, 5) is 1.26. The number of benzene rings is 2. The first-order valence-electron chi connectivity index (χ1n) is 6.46. The van der Waals surface area contributed by atoms with Crippen LogP contribution < -0.4 is 5.32 Å². The van der Waals surface area contributed by atoms with Crippen molar-refractivity contribution in [2.45, 2.75) is 17.9 Å². The molecule has 2 rings (SSSR count). The molecule has 0 radical (unpaired) electrons. The summed E-state index contributed by atoms with van der Waals surface area (Å²) in [6, 6.07) is 17.3. The summed E-state index contributed by atoms with van der Waals surface area (Å²) in [5, 5.41) is 3.45. The van der Waals surface area contributed by atoms with Crippen LogP contribution in [0.2, 0.25) is 0 Å². The van der Waals surface area contributed by atoms with E-state index in [0.29, 0.717) is 0 Å². The zero-order valence-corrected chi connectivity index (χ0v) is 11.8.